The molecule has 0 N–H and O–H groups in total. The third-order valence-corrected chi connectivity index (χ3v) is 7.55. The molecule has 0 aliphatic heterocycles. The van der Waals surface area contributed by atoms with Crippen LogP contribution < -0.4 is 0 Å². The van der Waals surface area contributed by atoms with E-state index in [-0.39, 0.29) is 0 Å². The van der Waals surface area contributed by atoms with Crippen LogP contribution in [-0.4, -0.2) is 0 Å². The molecule has 154 valence electrons. The van der Waals surface area contributed by atoms with Crippen molar-refractivity contribution in [3.63, 3.8) is 0 Å². The lowest BCUT2D eigenvalue weighted by molar-refractivity contribution is 0.218. The van der Waals surface area contributed by atoms with Crippen molar-refractivity contribution in [1.29, 1.82) is 0 Å². The van der Waals surface area contributed by atoms with Gasteiger partial charge in [0.25, 0.3) is 0 Å². The quantitative estimate of drug-likeness (QED) is 0.316. The van der Waals surface area contributed by atoms with E-state index in [4.69, 9.17) is 0 Å². The van der Waals surface area contributed by atoms with Gasteiger partial charge in [-0.1, -0.05) is 117 Å². The van der Waals surface area contributed by atoms with Crippen LogP contribution in [0.15, 0.2) is 47.0 Å². The predicted octanol–water partition coefficient (Wildman–Crippen LogP) is 9.36. The lowest BCUT2D eigenvalue weighted by atomic mass is 9.72. The van der Waals surface area contributed by atoms with E-state index in [0.717, 1.165) is 22.2 Å². The molecule has 2 aliphatic rings. The van der Waals surface area contributed by atoms with Gasteiger partial charge in [0.05, 0.1) is 0 Å². The Morgan fingerprint density at radius 3 is 2.18 bits per heavy atom. The number of halogens is 1. The Morgan fingerprint density at radius 1 is 0.857 bits per heavy atom. The minimum Gasteiger partial charge on any atom is -0.0802 e. The Labute approximate surface area is 182 Å². The molecule has 0 saturated heterocycles. The van der Waals surface area contributed by atoms with Crippen molar-refractivity contribution in [2.75, 3.05) is 0 Å². The summed E-state index contributed by atoms with van der Waals surface area (Å²) < 4.78 is 1.16. The number of allylic oxidation sites excluding steroid dienone is 4. The lowest BCUT2D eigenvalue weighted by Crippen LogP contribution is -2.21. The normalized spacial score (nSPS) is 24.9. The Balaban J connectivity index is 1.32. The third-order valence-electron chi connectivity index (χ3n) is 7.02. The van der Waals surface area contributed by atoms with Gasteiger partial charge in [-0.25, -0.2) is 0 Å². The van der Waals surface area contributed by atoms with E-state index in [1.807, 2.05) is 0 Å². The maximum absolute atomic E-state index is 3.53. The predicted molar refractivity (Wildman–Crippen MR) is 127 cm³/mol. The van der Waals surface area contributed by atoms with E-state index in [2.05, 4.69) is 65.3 Å². The van der Waals surface area contributed by atoms with Crippen LogP contribution >= 0.6 is 15.9 Å². The molecule has 28 heavy (non-hydrogen) atoms. The lowest BCUT2D eigenvalue weighted by Gasteiger charge is -2.33. The van der Waals surface area contributed by atoms with Crippen molar-refractivity contribution in [2.45, 2.75) is 90.4 Å². The molecule has 0 spiro atoms. The summed E-state index contributed by atoms with van der Waals surface area (Å²) in [4.78, 5) is 0. The van der Waals surface area contributed by atoms with Crippen molar-refractivity contribution in [1.82, 2.24) is 0 Å². The zero-order chi connectivity index (χ0) is 19.6. The molecule has 1 saturated carbocycles. The van der Waals surface area contributed by atoms with Crippen molar-refractivity contribution in [3.05, 3.63) is 52.5 Å². The van der Waals surface area contributed by atoms with Crippen LogP contribution in [0.25, 0.3) is 5.57 Å². The molecule has 0 nitrogen and oxygen atoms in total. The van der Waals surface area contributed by atoms with E-state index in [0.29, 0.717) is 0 Å². The largest absolute Gasteiger partial charge is 0.0802 e. The number of hydrogen-bond acceptors (Lipinski definition) is 0. The molecule has 0 heterocycles. The highest BCUT2D eigenvalue weighted by molar-refractivity contribution is 9.10. The monoisotopic (exact) mass is 442 g/mol. The van der Waals surface area contributed by atoms with Crippen molar-refractivity contribution < 1.29 is 0 Å². The average Bonchev–Trinajstić information content (AvgIpc) is 2.74. The molecule has 3 rings (SSSR count). The standard InChI is InChI=1S/C27H39Br/c1-2-3-4-5-6-7-8-9-22-10-12-23(13-11-22)24-14-16-25(17-15-24)26-18-20-27(28)21-19-26/h14,16-24H,2-13,15H2,1H3/t22-,23-,24?. The van der Waals surface area contributed by atoms with Crippen LogP contribution in [0.1, 0.15) is 96.0 Å². The fourth-order valence-corrected chi connectivity index (χ4v) is 5.40. The van der Waals surface area contributed by atoms with Crippen LogP contribution in [0.5, 0.6) is 0 Å². The number of rotatable bonds is 10. The van der Waals surface area contributed by atoms with E-state index in [9.17, 15) is 0 Å². The fourth-order valence-electron chi connectivity index (χ4n) is 5.14. The minimum atomic E-state index is 0.777. The van der Waals surface area contributed by atoms with Gasteiger partial charge in [-0.05, 0) is 60.3 Å². The molecule has 0 bridgehead atoms. The summed E-state index contributed by atoms with van der Waals surface area (Å²) in [6, 6.07) is 8.72. The first-order valence-corrected chi connectivity index (χ1v) is 12.7. The second kappa shape index (κ2) is 12.0. The molecule has 0 radical (unpaired) electrons. The summed E-state index contributed by atoms with van der Waals surface area (Å²) in [6.45, 7) is 2.30. The molecule has 1 fully saturated rings. The smallest absolute Gasteiger partial charge is 0.0175 e. The SMILES string of the molecule is CCCCCCCCC[C@H]1CC[C@H](C2C=CC(c3ccc(Br)cc3)=CC2)CC1. The van der Waals surface area contributed by atoms with Gasteiger partial charge < -0.3 is 0 Å². The first-order valence-electron chi connectivity index (χ1n) is 11.9. The van der Waals surface area contributed by atoms with Gasteiger partial charge in [-0.3, -0.25) is 0 Å². The van der Waals surface area contributed by atoms with Crippen molar-refractivity contribution >= 4 is 21.5 Å². The highest BCUT2D eigenvalue weighted by Crippen LogP contribution is 2.39. The zero-order valence-corrected chi connectivity index (χ0v) is 19.4. The number of unbranched alkanes of at least 4 members (excludes halogenated alkanes) is 6. The molecule has 0 aromatic heterocycles. The van der Waals surface area contributed by atoms with Crippen molar-refractivity contribution in [3.8, 4) is 0 Å². The van der Waals surface area contributed by atoms with Crippen LogP contribution in [0.2, 0.25) is 0 Å². The van der Waals surface area contributed by atoms with Gasteiger partial charge in [-0.15, -0.1) is 0 Å². The summed E-state index contributed by atoms with van der Waals surface area (Å²) in [6.07, 6.45) is 26.1. The fraction of sp³-hybridized carbons (Fsp3) is 0.630. The van der Waals surface area contributed by atoms with Crippen LogP contribution in [0, 0.1) is 17.8 Å². The molecular formula is C27H39Br. The molecular weight excluding hydrogens is 404 g/mol. The number of hydrogen-bond donors (Lipinski definition) is 0. The molecule has 1 unspecified atom stereocenters. The van der Waals surface area contributed by atoms with E-state index >= 15 is 0 Å². The van der Waals surface area contributed by atoms with Crippen LogP contribution in [0.4, 0.5) is 0 Å². The summed E-state index contributed by atoms with van der Waals surface area (Å²) in [5.74, 6) is 2.72. The van der Waals surface area contributed by atoms with Gasteiger partial charge in [-0.2, -0.15) is 0 Å². The van der Waals surface area contributed by atoms with Gasteiger partial charge in [0.15, 0.2) is 0 Å². The first kappa shape index (κ1) is 21.9. The highest BCUT2D eigenvalue weighted by Gasteiger charge is 2.26. The highest BCUT2D eigenvalue weighted by atomic mass is 79.9. The zero-order valence-electron chi connectivity index (χ0n) is 17.8. The Bertz CT molecular complexity index is 616. The minimum absolute atomic E-state index is 0.777. The third kappa shape index (κ3) is 6.90. The molecule has 1 heteroatoms. The van der Waals surface area contributed by atoms with E-state index in [1.54, 1.807) is 0 Å². The topological polar surface area (TPSA) is 0 Å². The summed E-state index contributed by atoms with van der Waals surface area (Å²) in [5, 5.41) is 0. The molecule has 2 aliphatic carbocycles. The molecule has 1 aromatic rings. The van der Waals surface area contributed by atoms with Crippen molar-refractivity contribution in [2.24, 2.45) is 17.8 Å². The first-order chi connectivity index (χ1) is 13.8. The second-order valence-corrected chi connectivity index (χ2v) is 10.0. The maximum atomic E-state index is 3.53. The summed E-state index contributed by atoms with van der Waals surface area (Å²) in [7, 11) is 0. The maximum Gasteiger partial charge on any atom is 0.0175 e. The molecule has 1 aromatic carbocycles. The van der Waals surface area contributed by atoms with Gasteiger partial charge in [0, 0.05) is 4.47 Å². The summed E-state index contributed by atoms with van der Waals surface area (Å²) in [5.41, 5.74) is 2.74. The Hall–Kier alpha value is -0.820. The molecule has 1 atom stereocenters. The Morgan fingerprint density at radius 2 is 1.54 bits per heavy atom. The average molecular weight is 444 g/mol. The molecule has 0 amide bonds. The van der Waals surface area contributed by atoms with Gasteiger partial charge in [0.1, 0.15) is 0 Å². The van der Waals surface area contributed by atoms with Crippen LogP contribution in [-0.2, 0) is 0 Å². The second-order valence-electron chi connectivity index (χ2n) is 9.12. The summed E-state index contributed by atoms with van der Waals surface area (Å²) >= 11 is 3.53. The van der Waals surface area contributed by atoms with E-state index < -0.39 is 0 Å². The Kier molecular flexibility index (Phi) is 9.38. The number of benzene rings is 1. The van der Waals surface area contributed by atoms with Gasteiger partial charge >= 0.3 is 0 Å². The van der Waals surface area contributed by atoms with E-state index in [1.165, 1.54) is 94.6 Å². The van der Waals surface area contributed by atoms with Gasteiger partial charge in [0.2, 0.25) is 0 Å². The van der Waals surface area contributed by atoms with Crippen LogP contribution in [0.3, 0.4) is 0 Å².